The first kappa shape index (κ1) is 17.1. The minimum absolute atomic E-state index is 0.147. The monoisotopic (exact) mass is 302 g/mol. The van der Waals surface area contributed by atoms with Crippen molar-refractivity contribution in [2.75, 3.05) is 20.1 Å². The Hall–Kier alpha value is -0.980. The molecule has 1 aromatic carbocycles. The number of nitrogens with one attached hydrogen (secondary N) is 1. The van der Waals surface area contributed by atoms with Crippen LogP contribution < -0.4 is 5.32 Å². The summed E-state index contributed by atoms with van der Waals surface area (Å²) in [5.41, 5.74) is 0.741. The fraction of sp³-hybridized carbons (Fsp3) is 0.571. The van der Waals surface area contributed by atoms with Crippen molar-refractivity contribution in [3.63, 3.8) is 0 Å². The van der Waals surface area contributed by atoms with Gasteiger partial charge in [0.1, 0.15) is 5.82 Å². The molecular weight excluding hydrogens is 279 g/mol. The number of rotatable bonds is 7. The molecule has 0 aliphatic heterocycles. The molecule has 0 heterocycles. The van der Waals surface area contributed by atoms with E-state index in [1.54, 1.807) is 13.8 Å². The molecule has 0 saturated heterocycles. The maximum Gasteiger partial charge on any atom is 0.242 e. The van der Waals surface area contributed by atoms with E-state index in [0.717, 1.165) is 13.0 Å². The molecule has 6 heteroatoms. The second-order valence-electron chi connectivity index (χ2n) is 4.81. The minimum Gasteiger partial charge on any atom is -0.313 e. The van der Waals surface area contributed by atoms with Crippen molar-refractivity contribution in [2.24, 2.45) is 0 Å². The number of hydrogen-bond donors (Lipinski definition) is 1. The van der Waals surface area contributed by atoms with E-state index in [-0.39, 0.29) is 10.7 Å². The lowest BCUT2D eigenvalue weighted by molar-refractivity contribution is 0.485. The second-order valence-corrected chi connectivity index (χ2v) is 6.85. The van der Waals surface area contributed by atoms with Crippen LogP contribution in [0.1, 0.15) is 31.4 Å². The van der Waals surface area contributed by atoms with E-state index in [1.807, 2.05) is 6.92 Å². The Bertz CT molecular complexity index is 559. The SMILES string of the molecule is CCCNCc1cc(S(=O)(=O)N(C)CC)cc(C)c1F. The standard InChI is InChI=1S/C14H23FN2O2S/c1-5-7-16-10-12-9-13(8-11(3)14(12)15)20(18,19)17(4)6-2/h8-9,16H,5-7,10H2,1-4H3. The number of benzene rings is 1. The zero-order valence-corrected chi connectivity index (χ0v) is 13.3. The second kappa shape index (κ2) is 7.15. The topological polar surface area (TPSA) is 49.4 Å². The zero-order chi connectivity index (χ0) is 15.3. The summed E-state index contributed by atoms with van der Waals surface area (Å²) < 4.78 is 39.9. The van der Waals surface area contributed by atoms with Gasteiger partial charge in [0.2, 0.25) is 10.0 Å². The summed E-state index contributed by atoms with van der Waals surface area (Å²) >= 11 is 0. The van der Waals surface area contributed by atoms with E-state index in [1.165, 1.54) is 23.5 Å². The highest BCUT2D eigenvalue weighted by Crippen LogP contribution is 2.21. The molecule has 0 amide bonds. The van der Waals surface area contributed by atoms with Crippen LogP contribution in [0, 0.1) is 12.7 Å². The quantitative estimate of drug-likeness (QED) is 0.786. The van der Waals surface area contributed by atoms with Crippen molar-refractivity contribution < 1.29 is 12.8 Å². The van der Waals surface area contributed by atoms with Gasteiger partial charge >= 0.3 is 0 Å². The Kier molecular flexibility index (Phi) is 6.10. The normalized spacial score (nSPS) is 12.1. The van der Waals surface area contributed by atoms with Crippen molar-refractivity contribution in [3.8, 4) is 0 Å². The van der Waals surface area contributed by atoms with Crippen molar-refractivity contribution >= 4 is 10.0 Å². The summed E-state index contributed by atoms with van der Waals surface area (Å²) in [5.74, 6) is -0.341. The molecule has 0 bridgehead atoms. The first-order chi connectivity index (χ1) is 9.34. The first-order valence-electron chi connectivity index (χ1n) is 6.80. The number of hydrogen-bond acceptors (Lipinski definition) is 3. The van der Waals surface area contributed by atoms with Gasteiger partial charge in [0.25, 0.3) is 0 Å². The average molecular weight is 302 g/mol. The van der Waals surface area contributed by atoms with Crippen LogP contribution in [0.3, 0.4) is 0 Å². The Balaban J connectivity index is 3.17. The molecule has 114 valence electrons. The molecule has 0 aromatic heterocycles. The van der Waals surface area contributed by atoms with E-state index in [0.29, 0.717) is 24.2 Å². The fourth-order valence-corrected chi connectivity index (χ4v) is 3.15. The molecule has 0 aliphatic carbocycles. The van der Waals surface area contributed by atoms with E-state index in [9.17, 15) is 12.8 Å². The Morgan fingerprint density at radius 3 is 2.50 bits per heavy atom. The van der Waals surface area contributed by atoms with E-state index in [2.05, 4.69) is 5.32 Å². The largest absolute Gasteiger partial charge is 0.313 e. The van der Waals surface area contributed by atoms with Crippen LogP contribution in [0.2, 0.25) is 0 Å². The predicted octanol–water partition coefficient (Wildman–Crippen LogP) is 2.27. The molecule has 1 rings (SSSR count). The average Bonchev–Trinajstić information content (AvgIpc) is 2.42. The molecule has 0 fully saturated rings. The lowest BCUT2D eigenvalue weighted by Gasteiger charge is -2.17. The van der Waals surface area contributed by atoms with Crippen LogP contribution in [-0.2, 0) is 16.6 Å². The van der Waals surface area contributed by atoms with Crippen LogP contribution in [-0.4, -0.2) is 32.9 Å². The predicted molar refractivity (Wildman–Crippen MR) is 78.6 cm³/mol. The molecule has 0 spiro atoms. The van der Waals surface area contributed by atoms with E-state index < -0.39 is 10.0 Å². The summed E-state index contributed by atoms with van der Waals surface area (Å²) in [7, 11) is -2.03. The van der Waals surface area contributed by atoms with Gasteiger partial charge in [-0.15, -0.1) is 0 Å². The highest BCUT2D eigenvalue weighted by molar-refractivity contribution is 7.89. The molecular formula is C14H23FN2O2S. The van der Waals surface area contributed by atoms with Gasteiger partial charge in [-0.2, -0.15) is 0 Å². The molecule has 20 heavy (non-hydrogen) atoms. The Labute approximate surface area is 121 Å². The summed E-state index contributed by atoms with van der Waals surface area (Å²) in [4.78, 5) is 0.147. The summed E-state index contributed by atoms with van der Waals surface area (Å²) in [6, 6.07) is 2.81. The first-order valence-corrected chi connectivity index (χ1v) is 8.24. The van der Waals surface area contributed by atoms with Crippen LogP contribution in [0.5, 0.6) is 0 Å². The molecule has 0 unspecified atom stereocenters. The van der Waals surface area contributed by atoms with Crippen molar-refractivity contribution in [1.29, 1.82) is 0 Å². The third kappa shape index (κ3) is 3.77. The molecule has 0 aliphatic rings. The van der Waals surface area contributed by atoms with Gasteiger partial charge < -0.3 is 5.32 Å². The van der Waals surface area contributed by atoms with Crippen molar-refractivity contribution in [1.82, 2.24) is 9.62 Å². The molecule has 1 aromatic rings. The minimum atomic E-state index is -3.54. The molecule has 0 radical (unpaired) electrons. The molecule has 0 saturated carbocycles. The zero-order valence-electron chi connectivity index (χ0n) is 12.5. The lowest BCUT2D eigenvalue weighted by Crippen LogP contribution is -2.27. The molecule has 4 nitrogen and oxygen atoms in total. The van der Waals surface area contributed by atoms with Crippen LogP contribution in [0.4, 0.5) is 4.39 Å². The lowest BCUT2D eigenvalue weighted by atomic mass is 10.1. The number of halogens is 1. The Morgan fingerprint density at radius 1 is 1.30 bits per heavy atom. The number of aryl methyl sites for hydroxylation is 1. The van der Waals surface area contributed by atoms with E-state index in [4.69, 9.17) is 0 Å². The van der Waals surface area contributed by atoms with Gasteiger partial charge in [0, 0.05) is 25.7 Å². The smallest absolute Gasteiger partial charge is 0.242 e. The third-order valence-electron chi connectivity index (χ3n) is 3.20. The van der Waals surface area contributed by atoms with Crippen LogP contribution in [0.15, 0.2) is 17.0 Å². The maximum atomic E-state index is 14.0. The summed E-state index contributed by atoms with van der Waals surface area (Å²) in [5, 5.41) is 3.09. The number of sulfonamides is 1. The molecule has 0 atom stereocenters. The highest BCUT2D eigenvalue weighted by Gasteiger charge is 2.21. The molecule has 1 N–H and O–H groups in total. The summed E-state index contributed by atoms with van der Waals surface area (Å²) in [6.45, 7) is 6.85. The Morgan fingerprint density at radius 2 is 1.95 bits per heavy atom. The van der Waals surface area contributed by atoms with Crippen molar-refractivity contribution in [2.45, 2.75) is 38.6 Å². The fourth-order valence-electron chi connectivity index (χ4n) is 1.83. The highest BCUT2D eigenvalue weighted by atomic mass is 32.2. The van der Waals surface area contributed by atoms with Crippen LogP contribution in [0.25, 0.3) is 0 Å². The van der Waals surface area contributed by atoms with Gasteiger partial charge in [-0.3, -0.25) is 0 Å². The van der Waals surface area contributed by atoms with Gasteiger partial charge in [-0.1, -0.05) is 13.8 Å². The summed E-state index contributed by atoms with van der Waals surface area (Å²) in [6.07, 6.45) is 0.942. The van der Waals surface area contributed by atoms with E-state index >= 15 is 0 Å². The van der Waals surface area contributed by atoms with Gasteiger partial charge in [-0.05, 0) is 37.6 Å². The van der Waals surface area contributed by atoms with Crippen molar-refractivity contribution in [3.05, 3.63) is 29.1 Å². The van der Waals surface area contributed by atoms with Gasteiger partial charge in [0.05, 0.1) is 4.90 Å². The van der Waals surface area contributed by atoms with Crippen LogP contribution >= 0.6 is 0 Å². The van der Waals surface area contributed by atoms with Gasteiger partial charge in [-0.25, -0.2) is 17.1 Å². The third-order valence-corrected chi connectivity index (χ3v) is 5.11. The maximum absolute atomic E-state index is 14.0. The number of nitrogens with zero attached hydrogens (tertiary/aromatic N) is 1. The van der Waals surface area contributed by atoms with Gasteiger partial charge in [0.15, 0.2) is 0 Å².